The molecule has 2 aromatic carbocycles. The molecule has 2 aromatic heterocycles. The van der Waals surface area contributed by atoms with Gasteiger partial charge in [0.1, 0.15) is 5.82 Å². The number of thiophene rings is 1. The molecular formula is C25H25N3O3S. The van der Waals surface area contributed by atoms with Crippen molar-refractivity contribution in [3.8, 4) is 17.2 Å². The SMILES string of the molecule is COc1cc(/C=C/c2nc(NCc3ccc(C)cc3)c3sccc3n2)cc(OC)c1OC. The van der Waals surface area contributed by atoms with Crippen LogP contribution in [-0.4, -0.2) is 31.3 Å². The number of fused-ring (bicyclic) bond motifs is 1. The molecule has 0 saturated heterocycles. The molecule has 0 spiro atoms. The number of methoxy groups -OCH3 is 3. The zero-order valence-electron chi connectivity index (χ0n) is 18.5. The lowest BCUT2D eigenvalue weighted by Crippen LogP contribution is -2.03. The molecule has 4 rings (SSSR count). The Balaban J connectivity index is 1.62. The van der Waals surface area contributed by atoms with Gasteiger partial charge >= 0.3 is 0 Å². The third kappa shape index (κ3) is 4.68. The molecule has 6 nitrogen and oxygen atoms in total. The van der Waals surface area contributed by atoms with Gasteiger partial charge in [-0.1, -0.05) is 35.9 Å². The van der Waals surface area contributed by atoms with Crippen LogP contribution in [0.1, 0.15) is 22.5 Å². The first-order chi connectivity index (χ1) is 15.6. The van der Waals surface area contributed by atoms with E-state index < -0.39 is 0 Å². The van der Waals surface area contributed by atoms with E-state index in [9.17, 15) is 0 Å². The smallest absolute Gasteiger partial charge is 0.203 e. The first-order valence-corrected chi connectivity index (χ1v) is 11.0. The molecule has 1 N–H and O–H groups in total. The van der Waals surface area contributed by atoms with Crippen LogP contribution in [0, 0.1) is 6.92 Å². The molecule has 0 unspecified atom stereocenters. The van der Waals surface area contributed by atoms with Gasteiger partial charge in [0, 0.05) is 6.54 Å². The normalized spacial score (nSPS) is 11.1. The Labute approximate surface area is 191 Å². The Morgan fingerprint density at radius 1 is 0.906 bits per heavy atom. The van der Waals surface area contributed by atoms with E-state index in [0.29, 0.717) is 29.6 Å². The van der Waals surface area contributed by atoms with Crippen LogP contribution in [-0.2, 0) is 6.54 Å². The largest absolute Gasteiger partial charge is 0.493 e. The molecule has 32 heavy (non-hydrogen) atoms. The van der Waals surface area contributed by atoms with Gasteiger partial charge in [-0.15, -0.1) is 11.3 Å². The summed E-state index contributed by atoms with van der Waals surface area (Å²) in [6, 6.07) is 14.3. The van der Waals surface area contributed by atoms with Crippen molar-refractivity contribution in [2.45, 2.75) is 13.5 Å². The predicted octanol–water partition coefficient (Wildman–Crippen LogP) is 5.81. The molecule has 0 atom stereocenters. The van der Waals surface area contributed by atoms with Crippen molar-refractivity contribution in [1.29, 1.82) is 0 Å². The average Bonchev–Trinajstić information content (AvgIpc) is 3.30. The van der Waals surface area contributed by atoms with Gasteiger partial charge in [-0.3, -0.25) is 0 Å². The zero-order chi connectivity index (χ0) is 22.5. The third-order valence-corrected chi connectivity index (χ3v) is 5.92. The summed E-state index contributed by atoms with van der Waals surface area (Å²) >= 11 is 1.63. The van der Waals surface area contributed by atoms with E-state index in [2.05, 4.69) is 41.5 Å². The first kappa shape index (κ1) is 21.6. The van der Waals surface area contributed by atoms with Gasteiger partial charge in [0.15, 0.2) is 17.3 Å². The van der Waals surface area contributed by atoms with E-state index in [-0.39, 0.29) is 0 Å². The maximum atomic E-state index is 5.44. The highest BCUT2D eigenvalue weighted by Gasteiger charge is 2.12. The van der Waals surface area contributed by atoms with Gasteiger partial charge < -0.3 is 19.5 Å². The molecule has 4 aromatic rings. The third-order valence-electron chi connectivity index (χ3n) is 5.01. The van der Waals surface area contributed by atoms with Gasteiger partial charge in [-0.25, -0.2) is 9.97 Å². The van der Waals surface area contributed by atoms with Crippen LogP contribution in [0.4, 0.5) is 5.82 Å². The average molecular weight is 448 g/mol. The first-order valence-electron chi connectivity index (χ1n) is 10.1. The quantitative estimate of drug-likeness (QED) is 0.368. The monoisotopic (exact) mass is 447 g/mol. The van der Waals surface area contributed by atoms with Crippen molar-refractivity contribution in [2.24, 2.45) is 0 Å². The number of rotatable bonds is 8. The van der Waals surface area contributed by atoms with E-state index in [0.717, 1.165) is 21.6 Å². The summed E-state index contributed by atoms with van der Waals surface area (Å²) in [6.07, 6.45) is 3.82. The van der Waals surface area contributed by atoms with E-state index in [1.807, 2.05) is 35.7 Å². The number of anilines is 1. The standard InChI is InChI=1S/C25H25N3O3S/c1-16-5-7-17(8-6-16)15-26-25-24-19(11-12-32-24)27-22(28-25)10-9-18-13-20(29-2)23(31-4)21(14-18)30-3/h5-14H,15H2,1-4H3,(H,26,27,28)/b10-9+. The molecule has 7 heteroatoms. The second-order valence-corrected chi connectivity index (χ2v) is 8.11. The molecule has 0 aliphatic rings. The Morgan fingerprint density at radius 2 is 1.62 bits per heavy atom. The van der Waals surface area contributed by atoms with Crippen LogP contribution in [0.15, 0.2) is 47.8 Å². The van der Waals surface area contributed by atoms with Crippen molar-refractivity contribution in [2.75, 3.05) is 26.6 Å². The highest BCUT2D eigenvalue weighted by atomic mass is 32.1. The summed E-state index contributed by atoms with van der Waals surface area (Å²) in [7, 11) is 4.79. The Bertz CT molecular complexity index is 1220. The molecule has 0 aliphatic heterocycles. The molecule has 0 saturated carbocycles. The van der Waals surface area contributed by atoms with Crippen molar-refractivity contribution < 1.29 is 14.2 Å². The van der Waals surface area contributed by atoms with Gasteiger partial charge in [0.2, 0.25) is 5.75 Å². The molecule has 0 bridgehead atoms. The summed E-state index contributed by atoms with van der Waals surface area (Å²) in [6.45, 7) is 2.78. The van der Waals surface area contributed by atoms with E-state index in [4.69, 9.17) is 19.2 Å². The van der Waals surface area contributed by atoms with Gasteiger partial charge in [-0.05, 0) is 47.7 Å². The highest BCUT2D eigenvalue weighted by Crippen LogP contribution is 2.38. The number of nitrogens with zero attached hydrogens (tertiary/aromatic N) is 2. The van der Waals surface area contributed by atoms with Gasteiger partial charge in [0.25, 0.3) is 0 Å². The second kappa shape index (κ2) is 9.70. The van der Waals surface area contributed by atoms with Crippen molar-refractivity contribution in [1.82, 2.24) is 9.97 Å². The minimum atomic E-state index is 0.561. The fraction of sp³-hybridized carbons (Fsp3) is 0.200. The molecule has 0 radical (unpaired) electrons. The maximum absolute atomic E-state index is 5.44. The van der Waals surface area contributed by atoms with Crippen molar-refractivity contribution >= 4 is 39.5 Å². The summed E-state index contributed by atoms with van der Waals surface area (Å²) in [5, 5.41) is 5.50. The van der Waals surface area contributed by atoms with Crippen molar-refractivity contribution in [3.05, 3.63) is 70.4 Å². The maximum Gasteiger partial charge on any atom is 0.203 e. The minimum Gasteiger partial charge on any atom is -0.493 e. The fourth-order valence-electron chi connectivity index (χ4n) is 3.34. The number of aryl methyl sites for hydroxylation is 1. The number of hydrogen-bond acceptors (Lipinski definition) is 7. The molecule has 0 aliphatic carbocycles. The molecular weight excluding hydrogens is 422 g/mol. The lowest BCUT2D eigenvalue weighted by Gasteiger charge is -2.12. The van der Waals surface area contributed by atoms with Crippen LogP contribution >= 0.6 is 11.3 Å². The van der Waals surface area contributed by atoms with Crippen LogP contribution in [0.25, 0.3) is 22.4 Å². The highest BCUT2D eigenvalue weighted by molar-refractivity contribution is 7.17. The van der Waals surface area contributed by atoms with E-state index in [1.54, 1.807) is 32.7 Å². The minimum absolute atomic E-state index is 0.561. The topological polar surface area (TPSA) is 65.5 Å². The van der Waals surface area contributed by atoms with Crippen molar-refractivity contribution in [3.63, 3.8) is 0 Å². The Kier molecular flexibility index (Phi) is 6.56. The molecule has 0 fully saturated rings. The number of hydrogen-bond donors (Lipinski definition) is 1. The summed E-state index contributed by atoms with van der Waals surface area (Å²) in [4.78, 5) is 9.44. The lowest BCUT2D eigenvalue weighted by molar-refractivity contribution is 0.324. The van der Waals surface area contributed by atoms with E-state index in [1.165, 1.54) is 11.1 Å². The van der Waals surface area contributed by atoms with Crippen LogP contribution < -0.4 is 19.5 Å². The summed E-state index contributed by atoms with van der Waals surface area (Å²) in [5.41, 5.74) is 4.26. The zero-order valence-corrected chi connectivity index (χ0v) is 19.3. The van der Waals surface area contributed by atoms with Crippen LogP contribution in [0.3, 0.4) is 0 Å². The summed E-state index contributed by atoms with van der Waals surface area (Å²) < 4.78 is 17.3. The number of nitrogens with one attached hydrogen (secondary N) is 1. The van der Waals surface area contributed by atoms with Crippen LogP contribution in [0.2, 0.25) is 0 Å². The lowest BCUT2D eigenvalue weighted by atomic mass is 10.1. The number of aromatic nitrogens is 2. The Hall–Kier alpha value is -3.58. The molecule has 0 amide bonds. The number of benzene rings is 2. The second-order valence-electron chi connectivity index (χ2n) is 7.20. The van der Waals surface area contributed by atoms with Gasteiger partial charge in [0.05, 0.1) is 31.5 Å². The fourth-order valence-corrected chi connectivity index (χ4v) is 4.13. The van der Waals surface area contributed by atoms with Gasteiger partial charge in [-0.2, -0.15) is 0 Å². The molecule has 2 heterocycles. The predicted molar refractivity (Wildman–Crippen MR) is 131 cm³/mol. The summed E-state index contributed by atoms with van der Waals surface area (Å²) in [5.74, 6) is 3.21. The Morgan fingerprint density at radius 3 is 2.28 bits per heavy atom. The number of ether oxygens (including phenoxy) is 3. The van der Waals surface area contributed by atoms with Crippen LogP contribution in [0.5, 0.6) is 17.2 Å². The molecule has 164 valence electrons. The van der Waals surface area contributed by atoms with E-state index >= 15 is 0 Å².